The Morgan fingerprint density at radius 1 is 0.226 bits per heavy atom. The van der Waals surface area contributed by atoms with E-state index < -0.39 is 16.2 Å². The molecule has 2 spiro atoms. The minimum atomic E-state index is -0.645. The van der Waals surface area contributed by atoms with E-state index in [1.807, 2.05) is 0 Å². The number of nitrogens with zero attached hydrogens (tertiary/aromatic N) is 1. The molecule has 2 heterocycles. The van der Waals surface area contributed by atoms with E-state index in [9.17, 15) is 0 Å². The summed E-state index contributed by atoms with van der Waals surface area (Å²) in [6.07, 6.45) is 0. The lowest BCUT2D eigenvalue weighted by Gasteiger charge is -2.39. The van der Waals surface area contributed by atoms with E-state index in [2.05, 4.69) is 314 Å². The maximum absolute atomic E-state index is 6.81. The lowest BCUT2D eigenvalue weighted by Crippen LogP contribution is -2.32. The Morgan fingerprint density at radius 3 is 1.13 bits per heavy atom. The largest absolute Gasteiger partial charge is 0.457 e. The first kappa shape index (κ1) is 47.0. The molecule has 392 valence electrons. The average molecular weight is 1070 g/mol. The van der Waals surface area contributed by atoms with Crippen LogP contribution < -0.4 is 14.4 Å². The SMILES string of the molecule is c1ccc(C2(c3ccccc3)c3ccccc3-c3ccc(N(c4ccc(-c5ccc6c(c5)C5(c7ccccc7Oc7ccccc75)c5ccccc5-6)cc4)c4cccc5c4-c4ccccc4C54c5ccccc5Oc5ccccc54)cc32)cc1. The average Bonchev–Trinajstić information content (AvgIpc) is 1.92. The molecular formula is C81H51NO2. The Kier molecular flexibility index (Phi) is 9.86. The van der Waals surface area contributed by atoms with Gasteiger partial charge in [-0.2, -0.15) is 0 Å². The van der Waals surface area contributed by atoms with Crippen LogP contribution in [0.1, 0.15) is 66.8 Å². The fraction of sp³-hybridized carbons (Fsp3) is 0.0370. The molecule has 0 saturated carbocycles. The van der Waals surface area contributed by atoms with Gasteiger partial charge < -0.3 is 14.4 Å². The van der Waals surface area contributed by atoms with Crippen LogP contribution in [0.15, 0.2) is 309 Å². The number of hydrogen-bond acceptors (Lipinski definition) is 3. The van der Waals surface area contributed by atoms with Crippen molar-refractivity contribution in [3.8, 4) is 67.5 Å². The van der Waals surface area contributed by atoms with Gasteiger partial charge in [0, 0.05) is 39.2 Å². The molecule has 3 nitrogen and oxygen atoms in total. The molecule has 5 aliphatic rings. The number of rotatable bonds is 6. The number of benzene rings is 13. The molecule has 3 heteroatoms. The van der Waals surface area contributed by atoms with Crippen LogP contribution in [0.5, 0.6) is 23.0 Å². The predicted octanol–water partition coefficient (Wildman–Crippen LogP) is 20.1. The summed E-state index contributed by atoms with van der Waals surface area (Å²) in [4.78, 5) is 2.53. The third-order valence-electron chi connectivity index (χ3n) is 19.1. The molecule has 0 unspecified atom stereocenters. The summed E-state index contributed by atoms with van der Waals surface area (Å²) in [5.74, 6) is 3.53. The van der Waals surface area contributed by atoms with Crippen LogP contribution in [0.25, 0.3) is 44.5 Å². The van der Waals surface area contributed by atoms with Gasteiger partial charge in [-0.15, -0.1) is 0 Å². The molecule has 0 saturated heterocycles. The van der Waals surface area contributed by atoms with Crippen LogP contribution in [0.3, 0.4) is 0 Å². The van der Waals surface area contributed by atoms with E-state index in [1.54, 1.807) is 0 Å². The second-order valence-electron chi connectivity index (χ2n) is 22.9. The van der Waals surface area contributed by atoms with Gasteiger partial charge in [0.2, 0.25) is 0 Å². The van der Waals surface area contributed by atoms with Gasteiger partial charge in [-0.05, 0) is 144 Å². The molecule has 0 N–H and O–H groups in total. The molecule has 3 aliphatic carbocycles. The van der Waals surface area contributed by atoms with E-state index >= 15 is 0 Å². The lowest BCUT2D eigenvalue weighted by molar-refractivity contribution is 0.436. The summed E-state index contributed by atoms with van der Waals surface area (Å²) in [5, 5.41) is 0. The van der Waals surface area contributed by atoms with E-state index in [1.165, 1.54) is 77.9 Å². The second-order valence-corrected chi connectivity index (χ2v) is 22.9. The van der Waals surface area contributed by atoms with Gasteiger partial charge in [0.25, 0.3) is 0 Å². The smallest absolute Gasteiger partial charge is 0.132 e. The van der Waals surface area contributed by atoms with Crippen molar-refractivity contribution in [3.63, 3.8) is 0 Å². The van der Waals surface area contributed by atoms with Crippen LogP contribution in [-0.2, 0) is 16.2 Å². The maximum atomic E-state index is 6.81. The van der Waals surface area contributed by atoms with Gasteiger partial charge in [0.05, 0.1) is 21.9 Å². The summed E-state index contributed by atoms with van der Waals surface area (Å²) < 4.78 is 13.5. The van der Waals surface area contributed by atoms with Crippen molar-refractivity contribution in [3.05, 3.63) is 376 Å². The second kappa shape index (κ2) is 17.6. The zero-order valence-corrected chi connectivity index (χ0v) is 45.7. The molecule has 84 heavy (non-hydrogen) atoms. The Bertz CT molecular complexity index is 4730. The summed E-state index contributed by atoms with van der Waals surface area (Å²) >= 11 is 0. The molecule has 13 aromatic rings. The zero-order chi connectivity index (χ0) is 55.1. The molecule has 2 aliphatic heterocycles. The van der Waals surface area contributed by atoms with Crippen LogP contribution in [0.2, 0.25) is 0 Å². The van der Waals surface area contributed by atoms with Crippen molar-refractivity contribution in [1.29, 1.82) is 0 Å². The molecule has 0 aromatic heterocycles. The molecular weight excluding hydrogens is 1020 g/mol. The highest BCUT2D eigenvalue weighted by atomic mass is 16.5. The van der Waals surface area contributed by atoms with Crippen LogP contribution in [0, 0.1) is 0 Å². The van der Waals surface area contributed by atoms with Gasteiger partial charge in [-0.25, -0.2) is 0 Å². The van der Waals surface area contributed by atoms with Gasteiger partial charge in [-0.1, -0.05) is 249 Å². The van der Waals surface area contributed by atoms with Crippen LogP contribution >= 0.6 is 0 Å². The topological polar surface area (TPSA) is 21.7 Å². The first-order valence-corrected chi connectivity index (χ1v) is 29.1. The number of para-hydroxylation sites is 4. The Labute approximate surface area is 488 Å². The van der Waals surface area contributed by atoms with Crippen molar-refractivity contribution in [1.82, 2.24) is 0 Å². The standard InChI is InChI=1S/C81H51NO2/c1-3-22-54(23-4-1)79(55-24-5-2-6-25-55)63-29-10-7-26-58(63)61-49-47-57(51-72(61)79)82(73-37-21-36-70-78(73)62-28-9-12-31-65(62)80(70)66-32-13-17-38-74(66)83-75-39-18-14-33-67(75)80)56-45-42-52(43-46-56)53-44-48-60-59-27-8-11-30-64(59)81(71(60)50-53)68-34-15-19-40-76(68)84-77-41-20-16-35-69(77)81/h1-51H. The highest BCUT2D eigenvalue weighted by Crippen LogP contribution is 2.66. The highest BCUT2D eigenvalue weighted by Gasteiger charge is 2.54. The monoisotopic (exact) mass is 1070 g/mol. The normalized spacial score (nSPS) is 14.7. The van der Waals surface area contributed by atoms with Crippen LogP contribution in [-0.4, -0.2) is 0 Å². The molecule has 0 atom stereocenters. The summed E-state index contributed by atoms with van der Waals surface area (Å²) in [7, 11) is 0. The zero-order valence-electron chi connectivity index (χ0n) is 45.7. The number of fused-ring (bicyclic) bond motifs is 21. The Balaban J connectivity index is 0.872. The van der Waals surface area contributed by atoms with E-state index in [0.717, 1.165) is 73.4 Å². The molecule has 13 aromatic carbocycles. The quantitative estimate of drug-likeness (QED) is 0.166. The van der Waals surface area contributed by atoms with Gasteiger partial charge >= 0.3 is 0 Å². The Morgan fingerprint density at radius 2 is 0.595 bits per heavy atom. The third-order valence-corrected chi connectivity index (χ3v) is 19.1. The fourth-order valence-electron chi connectivity index (χ4n) is 15.9. The molecule has 0 bridgehead atoms. The fourth-order valence-corrected chi connectivity index (χ4v) is 15.9. The Hall–Kier alpha value is -10.7. The number of anilines is 3. The summed E-state index contributed by atoms with van der Waals surface area (Å²) in [6, 6.07) is 114. The lowest BCUT2D eigenvalue weighted by atomic mass is 9.66. The minimum Gasteiger partial charge on any atom is -0.457 e. The predicted molar refractivity (Wildman–Crippen MR) is 339 cm³/mol. The van der Waals surface area contributed by atoms with Crippen molar-refractivity contribution in [2.45, 2.75) is 16.2 Å². The number of ether oxygens (including phenoxy) is 2. The summed E-state index contributed by atoms with van der Waals surface area (Å²) in [6.45, 7) is 0. The van der Waals surface area contributed by atoms with E-state index in [4.69, 9.17) is 9.47 Å². The van der Waals surface area contributed by atoms with Gasteiger partial charge in [0.15, 0.2) is 0 Å². The third kappa shape index (κ3) is 6.09. The van der Waals surface area contributed by atoms with E-state index in [0.29, 0.717) is 0 Å². The summed E-state index contributed by atoms with van der Waals surface area (Å²) in [5.41, 5.74) is 25.7. The van der Waals surface area contributed by atoms with E-state index in [-0.39, 0.29) is 0 Å². The van der Waals surface area contributed by atoms with Crippen molar-refractivity contribution >= 4 is 17.1 Å². The van der Waals surface area contributed by atoms with Crippen LogP contribution in [0.4, 0.5) is 17.1 Å². The molecule has 0 fully saturated rings. The molecule has 0 amide bonds. The first-order chi connectivity index (χ1) is 41.7. The van der Waals surface area contributed by atoms with Gasteiger partial charge in [-0.3, -0.25) is 0 Å². The first-order valence-electron chi connectivity index (χ1n) is 29.1. The number of hydrogen-bond donors (Lipinski definition) is 0. The molecule has 18 rings (SSSR count). The minimum absolute atomic E-state index is 0.571. The van der Waals surface area contributed by atoms with Crippen molar-refractivity contribution in [2.75, 3.05) is 4.90 Å². The molecule has 0 radical (unpaired) electrons. The van der Waals surface area contributed by atoms with Crippen molar-refractivity contribution in [2.24, 2.45) is 0 Å². The van der Waals surface area contributed by atoms with Crippen molar-refractivity contribution < 1.29 is 9.47 Å². The maximum Gasteiger partial charge on any atom is 0.132 e. The highest BCUT2D eigenvalue weighted by molar-refractivity contribution is 6.00. The van der Waals surface area contributed by atoms with Gasteiger partial charge in [0.1, 0.15) is 23.0 Å².